The normalized spacial score (nSPS) is 11.9. The Bertz CT molecular complexity index is 531. The van der Waals surface area contributed by atoms with Gasteiger partial charge in [0.15, 0.2) is 6.61 Å². The summed E-state index contributed by atoms with van der Waals surface area (Å²) in [6.45, 7) is 7.37. The van der Waals surface area contributed by atoms with Gasteiger partial charge in [0.1, 0.15) is 5.75 Å². The zero-order valence-corrected chi connectivity index (χ0v) is 14.0. The highest BCUT2D eigenvalue weighted by Gasteiger charge is 2.19. The first-order valence-corrected chi connectivity index (χ1v) is 7.50. The highest BCUT2D eigenvalue weighted by molar-refractivity contribution is 5.95. The maximum Gasteiger partial charge on any atom is 0.341 e. The molecule has 0 aromatic heterocycles. The average molecular weight is 307 g/mol. The Hall–Kier alpha value is -2.04. The van der Waals surface area contributed by atoms with Gasteiger partial charge in [0.05, 0.1) is 0 Å². The lowest BCUT2D eigenvalue weighted by Crippen LogP contribution is -2.35. The molecule has 0 saturated heterocycles. The molecule has 0 saturated carbocycles. The average Bonchev–Trinajstić information content (AvgIpc) is 2.44. The van der Waals surface area contributed by atoms with Crippen molar-refractivity contribution >= 4 is 11.9 Å². The van der Waals surface area contributed by atoms with E-state index in [1.54, 1.807) is 17.0 Å². The van der Waals surface area contributed by atoms with Crippen molar-refractivity contribution in [3.63, 3.8) is 0 Å². The van der Waals surface area contributed by atoms with E-state index < -0.39 is 5.97 Å². The van der Waals surface area contributed by atoms with Gasteiger partial charge in [-0.1, -0.05) is 13.3 Å². The molecular formula is C17H25NO4. The van der Waals surface area contributed by atoms with E-state index >= 15 is 0 Å². The lowest BCUT2D eigenvalue weighted by molar-refractivity contribution is -0.139. The Morgan fingerprint density at radius 1 is 1.27 bits per heavy atom. The summed E-state index contributed by atoms with van der Waals surface area (Å²) in [6.07, 6.45) is 1.98. The largest absolute Gasteiger partial charge is 0.481 e. The summed E-state index contributed by atoms with van der Waals surface area (Å²) in [6, 6.07) is 3.68. The standard InChI is InChI=1S/C17H25NO4/c1-6-7-13(4)18(5)17(21)14-8-11(2)16(12(3)9-14)22-10-15(19)20/h8-9,13H,6-7,10H2,1-5H3,(H,19,20). The van der Waals surface area contributed by atoms with Gasteiger partial charge in [-0.15, -0.1) is 0 Å². The van der Waals surface area contributed by atoms with E-state index in [4.69, 9.17) is 9.84 Å². The molecule has 1 aromatic rings. The first-order chi connectivity index (χ1) is 10.3. The Morgan fingerprint density at radius 2 is 1.82 bits per heavy atom. The second kappa shape index (κ2) is 7.82. The minimum atomic E-state index is -1.02. The van der Waals surface area contributed by atoms with E-state index in [1.807, 2.05) is 27.8 Å². The van der Waals surface area contributed by atoms with E-state index in [2.05, 4.69) is 6.92 Å². The topological polar surface area (TPSA) is 66.8 Å². The maximum atomic E-state index is 12.5. The number of carboxylic acids is 1. The van der Waals surface area contributed by atoms with Crippen LogP contribution < -0.4 is 4.74 Å². The summed E-state index contributed by atoms with van der Waals surface area (Å²) in [4.78, 5) is 24.9. The fourth-order valence-electron chi connectivity index (χ4n) is 2.45. The van der Waals surface area contributed by atoms with Gasteiger partial charge in [-0.25, -0.2) is 4.79 Å². The number of aryl methyl sites for hydroxylation is 2. The van der Waals surface area contributed by atoms with Crippen molar-refractivity contribution in [3.05, 3.63) is 28.8 Å². The molecule has 1 N–H and O–H groups in total. The first kappa shape index (κ1) is 18.0. The number of benzene rings is 1. The molecule has 0 spiro atoms. The minimum Gasteiger partial charge on any atom is -0.481 e. The highest BCUT2D eigenvalue weighted by atomic mass is 16.5. The van der Waals surface area contributed by atoms with Gasteiger partial charge in [0, 0.05) is 18.7 Å². The zero-order valence-electron chi connectivity index (χ0n) is 14.0. The van der Waals surface area contributed by atoms with Gasteiger partial charge in [-0.3, -0.25) is 4.79 Å². The van der Waals surface area contributed by atoms with Gasteiger partial charge in [0.25, 0.3) is 5.91 Å². The summed E-state index contributed by atoms with van der Waals surface area (Å²) in [7, 11) is 1.81. The number of amides is 1. The van der Waals surface area contributed by atoms with Gasteiger partial charge in [-0.2, -0.15) is 0 Å². The maximum absolute atomic E-state index is 12.5. The number of hydrogen-bond acceptors (Lipinski definition) is 3. The molecule has 5 nitrogen and oxygen atoms in total. The van der Waals surface area contributed by atoms with Gasteiger partial charge >= 0.3 is 5.97 Å². The molecule has 1 aromatic carbocycles. The predicted octanol–water partition coefficient (Wildman–Crippen LogP) is 3.03. The van der Waals surface area contributed by atoms with Crippen LogP contribution in [-0.4, -0.2) is 41.6 Å². The van der Waals surface area contributed by atoms with Crippen molar-refractivity contribution in [3.8, 4) is 5.75 Å². The number of ether oxygens (including phenoxy) is 1. The fourth-order valence-corrected chi connectivity index (χ4v) is 2.45. The molecule has 1 unspecified atom stereocenters. The van der Waals surface area contributed by atoms with Crippen LogP contribution in [0.3, 0.4) is 0 Å². The van der Waals surface area contributed by atoms with Gasteiger partial charge in [-0.05, 0) is 50.5 Å². The second-order valence-electron chi connectivity index (χ2n) is 5.68. The summed E-state index contributed by atoms with van der Waals surface area (Å²) in [5.41, 5.74) is 2.13. The molecule has 0 radical (unpaired) electrons. The number of carbonyl (C=O) groups excluding carboxylic acids is 1. The lowest BCUT2D eigenvalue weighted by atomic mass is 10.0. The highest BCUT2D eigenvalue weighted by Crippen LogP contribution is 2.25. The summed E-state index contributed by atoms with van der Waals surface area (Å²) in [5, 5.41) is 8.70. The third-order valence-corrected chi connectivity index (χ3v) is 3.74. The quantitative estimate of drug-likeness (QED) is 0.841. The SMILES string of the molecule is CCCC(C)N(C)C(=O)c1cc(C)c(OCC(=O)O)c(C)c1. The van der Waals surface area contributed by atoms with Crippen LogP contribution in [0, 0.1) is 13.8 Å². The first-order valence-electron chi connectivity index (χ1n) is 7.50. The third kappa shape index (κ3) is 4.48. The number of nitrogens with zero attached hydrogens (tertiary/aromatic N) is 1. The molecule has 0 aliphatic rings. The van der Waals surface area contributed by atoms with E-state index in [9.17, 15) is 9.59 Å². The Labute approximate surface area is 131 Å². The molecule has 0 bridgehead atoms. The van der Waals surface area contributed by atoms with Crippen molar-refractivity contribution in [1.82, 2.24) is 4.90 Å². The van der Waals surface area contributed by atoms with Crippen molar-refractivity contribution in [2.75, 3.05) is 13.7 Å². The lowest BCUT2D eigenvalue weighted by Gasteiger charge is -2.25. The number of carbonyl (C=O) groups is 2. The molecule has 1 amide bonds. The predicted molar refractivity (Wildman–Crippen MR) is 85.5 cm³/mol. The molecule has 122 valence electrons. The number of hydrogen-bond donors (Lipinski definition) is 1. The number of rotatable bonds is 7. The Morgan fingerprint density at radius 3 is 2.27 bits per heavy atom. The van der Waals surface area contributed by atoms with Crippen LogP contribution in [-0.2, 0) is 4.79 Å². The van der Waals surface area contributed by atoms with E-state index in [0.717, 1.165) is 24.0 Å². The van der Waals surface area contributed by atoms with Crippen molar-refractivity contribution < 1.29 is 19.4 Å². The summed E-state index contributed by atoms with van der Waals surface area (Å²) >= 11 is 0. The molecular weight excluding hydrogens is 282 g/mol. The van der Waals surface area contributed by atoms with Crippen molar-refractivity contribution in [2.24, 2.45) is 0 Å². The summed E-state index contributed by atoms with van der Waals surface area (Å²) in [5.74, 6) is -0.521. The second-order valence-corrected chi connectivity index (χ2v) is 5.68. The van der Waals surface area contributed by atoms with Crippen LogP contribution in [0.5, 0.6) is 5.75 Å². The van der Waals surface area contributed by atoms with Gasteiger partial charge in [0.2, 0.25) is 0 Å². The number of aliphatic carboxylic acids is 1. The van der Waals surface area contributed by atoms with E-state index in [0.29, 0.717) is 11.3 Å². The van der Waals surface area contributed by atoms with Crippen LogP contribution in [0.4, 0.5) is 0 Å². The summed E-state index contributed by atoms with van der Waals surface area (Å²) < 4.78 is 5.29. The van der Waals surface area contributed by atoms with Crippen LogP contribution in [0.15, 0.2) is 12.1 Å². The molecule has 0 aliphatic carbocycles. The third-order valence-electron chi connectivity index (χ3n) is 3.74. The Kier molecular flexibility index (Phi) is 6.40. The zero-order chi connectivity index (χ0) is 16.9. The van der Waals surface area contributed by atoms with Crippen LogP contribution in [0.25, 0.3) is 0 Å². The van der Waals surface area contributed by atoms with E-state index in [1.165, 1.54) is 0 Å². The molecule has 0 aliphatic heterocycles. The van der Waals surface area contributed by atoms with Crippen LogP contribution in [0.1, 0.15) is 48.2 Å². The molecule has 1 rings (SSSR count). The fraction of sp³-hybridized carbons (Fsp3) is 0.529. The van der Waals surface area contributed by atoms with Crippen molar-refractivity contribution in [1.29, 1.82) is 0 Å². The smallest absolute Gasteiger partial charge is 0.341 e. The molecule has 0 heterocycles. The van der Waals surface area contributed by atoms with Crippen molar-refractivity contribution in [2.45, 2.75) is 46.6 Å². The monoisotopic (exact) mass is 307 g/mol. The molecule has 5 heteroatoms. The molecule has 22 heavy (non-hydrogen) atoms. The van der Waals surface area contributed by atoms with Crippen LogP contribution >= 0.6 is 0 Å². The molecule has 0 fully saturated rings. The Balaban J connectivity index is 2.98. The van der Waals surface area contributed by atoms with Gasteiger partial charge < -0.3 is 14.7 Å². The molecule has 1 atom stereocenters. The van der Waals surface area contributed by atoms with Crippen LogP contribution in [0.2, 0.25) is 0 Å². The number of carboxylic acid groups (broad SMARTS) is 1. The van der Waals surface area contributed by atoms with E-state index in [-0.39, 0.29) is 18.6 Å². The minimum absolute atomic E-state index is 0.0306.